The Morgan fingerprint density at radius 2 is 2.29 bits per heavy atom. The van der Waals surface area contributed by atoms with E-state index < -0.39 is 10.0 Å². The van der Waals surface area contributed by atoms with Gasteiger partial charge in [0.25, 0.3) is 10.0 Å². The molecule has 0 unspecified atom stereocenters. The second kappa shape index (κ2) is 4.84. The lowest BCUT2D eigenvalue weighted by Gasteiger charge is -2.13. The van der Waals surface area contributed by atoms with Crippen molar-refractivity contribution < 1.29 is 8.42 Å². The van der Waals surface area contributed by atoms with E-state index in [0.717, 1.165) is 24.3 Å². The molecule has 17 heavy (non-hydrogen) atoms. The fourth-order valence-electron chi connectivity index (χ4n) is 1.68. The van der Waals surface area contributed by atoms with Gasteiger partial charge in [-0.2, -0.15) is 0 Å². The lowest BCUT2D eigenvalue weighted by atomic mass is 10.1. The number of nitrogens with one attached hydrogen (secondary N) is 1. The van der Waals surface area contributed by atoms with Gasteiger partial charge in [-0.1, -0.05) is 0 Å². The molecule has 1 N–H and O–H groups in total. The van der Waals surface area contributed by atoms with Crippen LogP contribution in [0.1, 0.15) is 24.3 Å². The minimum atomic E-state index is -3.39. The average molecular weight is 295 g/mol. The predicted molar refractivity (Wildman–Crippen MR) is 69.0 cm³/mol. The standard InChI is InChI=1S/C10H15ClN2O2S2/c1-8-12-6-9(16-8)17(14,15)13-7-10(2-3-10)4-5-11/h6,13H,2-5,7H2,1H3. The fourth-order valence-corrected chi connectivity index (χ4v) is 4.39. The molecule has 1 aromatic heterocycles. The quantitative estimate of drug-likeness (QED) is 0.818. The zero-order valence-corrected chi connectivity index (χ0v) is 12.0. The topological polar surface area (TPSA) is 59.1 Å². The van der Waals surface area contributed by atoms with E-state index in [1.54, 1.807) is 6.92 Å². The van der Waals surface area contributed by atoms with Crippen molar-refractivity contribution in [1.82, 2.24) is 9.71 Å². The van der Waals surface area contributed by atoms with Gasteiger partial charge in [-0.15, -0.1) is 22.9 Å². The molecule has 7 heteroatoms. The van der Waals surface area contributed by atoms with Gasteiger partial charge in [0.15, 0.2) is 4.21 Å². The molecule has 96 valence electrons. The summed E-state index contributed by atoms with van der Waals surface area (Å²) in [4.78, 5) is 3.96. The highest BCUT2D eigenvalue weighted by atomic mass is 35.5. The maximum absolute atomic E-state index is 12.0. The average Bonchev–Trinajstić information content (AvgIpc) is 2.89. The number of rotatable bonds is 6. The molecule has 0 spiro atoms. The van der Waals surface area contributed by atoms with Crippen LogP contribution in [-0.2, 0) is 10.0 Å². The minimum Gasteiger partial charge on any atom is -0.249 e. The van der Waals surface area contributed by atoms with Crippen LogP contribution in [-0.4, -0.2) is 25.8 Å². The van der Waals surface area contributed by atoms with Gasteiger partial charge in [0.2, 0.25) is 0 Å². The van der Waals surface area contributed by atoms with Gasteiger partial charge in [-0.25, -0.2) is 18.1 Å². The first-order valence-corrected chi connectivity index (χ1v) is 8.29. The highest BCUT2D eigenvalue weighted by molar-refractivity contribution is 7.91. The van der Waals surface area contributed by atoms with Crippen molar-refractivity contribution in [1.29, 1.82) is 0 Å². The number of hydrogen-bond donors (Lipinski definition) is 1. The third-order valence-electron chi connectivity index (χ3n) is 3.08. The molecule has 0 aromatic carbocycles. The summed E-state index contributed by atoms with van der Waals surface area (Å²) in [5, 5.41) is 0.757. The van der Waals surface area contributed by atoms with Gasteiger partial charge in [-0.3, -0.25) is 0 Å². The Hall–Kier alpha value is -0.170. The highest BCUT2D eigenvalue weighted by Crippen LogP contribution is 2.48. The molecular weight excluding hydrogens is 280 g/mol. The molecule has 0 bridgehead atoms. The summed E-state index contributed by atoms with van der Waals surface area (Å²) < 4.78 is 26.8. The number of thiazole rings is 1. The highest BCUT2D eigenvalue weighted by Gasteiger charge is 2.42. The van der Waals surface area contributed by atoms with Crippen molar-refractivity contribution >= 4 is 33.0 Å². The molecule has 1 aromatic rings. The van der Waals surface area contributed by atoms with Crippen molar-refractivity contribution in [3.63, 3.8) is 0 Å². The Bertz CT molecular complexity index is 494. The molecule has 4 nitrogen and oxygen atoms in total. The lowest BCUT2D eigenvalue weighted by Crippen LogP contribution is -2.30. The Kier molecular flexibility index (Phi) is 3.77. The van der Waals surface area contributed by atoms with E-state index in [1.165, 1.54) is 17.5 Å². The van der Waals surface area contributed by atoms with Crippen LogP contribution in [0.3, 0.4) is 0 Å². The van der Waals surface area contributed by atoms with Crippen LogP contribution in [0, 0.1) is 12.3 Å². The van der Waals surface area contributed by atoms with Crippen LogP contribution in [0.15, 0.2) is 10.4 Å². The van der Waals surface area contributed by atoms with E-state index in [9.17, 15) is 8.42 Å². The third kappa shape index (κ3) is 3.19. The molecule has 1 aliphatic rings. The van der Waals surface area contributed by atoms with Crippen LogP contribution in [0.2, 0.25) is 0 Å². The maximum Gasteiger partial charge on any atom is 0.251 e. The largest absolute Gasteiger partial charge is 0.251 e. The zero-order valence-electron chi connectivity index (χ0n) is 9.57. The zero-order chi connectivity index (χ0) is 12.5. The van der Waals surface area contributed by atoms with Crippen LogP contribution >= 0.6 is 22.9 Å². The lowest BCUT2D eigenvalue weighted by molar-refractivity contribution is 0.478. The number of aryl methyl sites for hydroxylation is 1. The molecule has 1 heterocycles. The first kappa shape index (κ1) is 13.3. The smallest absolute Gasteiger partial charge is 0.249 e. The third-order valence-corrected chi connectivity index (χ3v) is 6.05. The van der Waals surface area contributed by atoms with E-state index >= 15 is 0 Å². The number of nitrogens with zero attached hydrogens (tertiary/aromatic N) is 1. The van der Waals surface area contributed by atoms with Crippen molar-refractivity contribution in [2.75, 3.05) is 12.4 Å². The molecule has 1 saturated carbocycles. The molecule has 1 aliphatic carbocycles. The number of halogens is 1. The second-order valence-corrected chi connectivity index (χ2v) is 8.07. The predicted octanol–water partition coefficient (Wildman–Crippen LogP) is 2.14. The number of aromatic nitrogens is 1. The van der Waals surface area contributed by atoms with Crippen LogP contribution in [0.5, 0.6) is 0 Å². The number of sulfonamides is 1. The monoisotopic (exact) mass is 294 g/mol. The summed E-state index contributed by atoms with van der Waals surface area (Å²) in [7, 11) is -3.39. The summed E-state index contributed by atoms with van der Waals surface area (Å²) in [6.45, 7) is 2.28. The number of hydrogen-bond acceptors (Lipinski definition) is 4. The molecular formula is C10H15ClN2O2S2. The van der Waals surface area contributed by atoms with Crippen LogP contribution in [0.4, 0.5) is 0 Å². The van der Waals surface area contributed by atoms with Crippen LogP contribution < -0.4 is 4.72 Å². The van der Waals surface area contributed by atoms with Crippen molar-refractivity contribution in [3.05, 3.63) is 11.2 Å². The van der Waals surface area contributed by atoms with Gasteiger partial charge >= 0.3 is 0 Å². The number of alkyl halides is 1. The van der Waals surface area contributed by atoms with E-state index in [-0.39, 0.29) is 9.62 Å². The Balaban J connectivity index is 1.99. The van der Waals surface area contributed by atoms with E-state index in [1.807, 2.05) is 0 Å². The molecule has 0 aliphatic heterocycles. The molecule has 2 rings (SSSR count). The van der Waals surface area contributed by atoms with Crippen molar-refractivity contribution in [2.24, 2.45) is 5.41 Å². The SMILES string of the molecule is Cc1ncc(S(=O)(=O)NCC2(CCCl)CC2)s1. The summed E-state index contributed by atoms with van der Waals surface area (Å²) in [6, 6.07) is 0. The molecule has 0 atom stereocenters. The maximum atomic E-state index is 12.0. The van der Waals surface area contributed by atoms with Gasteiger partial charge < -0.3 is 0 Å². The van der Waals surface area contributed by atoms with Crippen molar-refractivity contribution in [2.45, 2.75) is 30.4 Å². The normalized spacial score (nSPS) is 18.2. The summed E-state index contributed by atoms with van der Waals surface area (Å²) in [5.74, 6) is 0.585. The first-order valence-electron chi connectivity index (χ1n) is 5.46. The molecule has 0 amide bonds. The van der Waals surface area contributed by atoms with Gasteiger partial charge in [0.05, 0.1) is 11.2 Å². The van der Waals surface area contributed by atoms with Crippen LogP contribution in [0.25, 0.3) is 0 Å². The molecule has 0 radical (unpaired) electrons. The molecule has 1 fully saturated rings. The van der Waals surface area contributed by atoms with Gasteiger partial charge in [-0.05, 0) is 31.6 Å². The van der Waals surface area contributed by atoms with E-state index in [2.05, 4.69) is 9.71 Å². The first-order chi connectivity index (χ1) is 7.97. The summed E-state index contributed by atoms with van der Waals surface area (Å²) in [5.41, 5.74) is 0.106. The Morgan fingerprint density at radius 1 is 1.59 bits per heavy atom. The minimum absolute atomic E-state index is 0.106. The molecule has 0 saturated heterocycles. The Labute approximate surface area is 110 Å². The van der Waals surface area contributed by atoms with Crippen molar-refractivity contribution in [3.8, 4) is 0 Å². The Morgan fingerprint density at radius 3 is 2.76 bits per heavy atom. The fraction of sp³-hybridized carbons (Fsp3) is 0.700. The summed E-state index contributed by atoms with van der Waals surface area (Å²) in [6.07, 6.45) is 4.40. The van der Waals surface area contributed by atoms with Gasteiger partial charge in [0.1, 0.15) is 0 Å². The van der Waals surface area contributed by atoms with Gasteiger partial charge in [0, 0.05) is 12.4 Å². The second-order valence-electron chi connectivity index (χ2n) is 4.46. The van der Waals surface area contributed by atoms with E-state index in [4.69, 9.17) is 11.6 Å². The van der Waals surface area contributed by atoms with E-state index in [0.29, 0.717) is 12.4 Å². The summed E-state index contributed by atoms with van der Waals surface area (Å²) >= 11 is 6.90.